The number of rotatable bonds is 7. The molecule has 0 unspecified atom stereocenters. The summed E-state index contributed by atoms with van der Waals surface area (Å²) in [5.41, 5.74) is 6.69. The second-order valence-electron chi connectivity index (χ2n) is 7.27. The van der Waals surface area contributed by atoms with E-state index in [1.165, 1.54) is 36.4 Å². The molecule has 0 aromatic heterocycles. The summed E-state index contributed by atoms with van der Waals surface area (Å²) in [5, 5.41) is 12.1. The minimum absolute atomic E-state index is 0.0757. The number of non-ortho nitro benzene ring substituents is 1. The molecule has 182 valence electrons. The minimum Gasteiger partial charge on any atom is -0.455 e. The van der Waals surface area contributed by atoms with Crippen molar-refractivity contribution in [1.29, 1.82) is 0 Å². The second-order valence-corrected chi connectivity index (χ2v) is 7.70. The third kappa shape index (κ3) is 6.74. The maximum absolute atomic E-state index is 12.3. The fraction of sp³-hybridized carbons (Fsp3) is 0.190. The van der Waals surface area contributed by atoms with Gasteiger partial charge in [-0.2, -0.15) is 0 Å². The monoisotopic (exact) mass is 503 g/mol. The molecule has 14 heteroatoms. The van der Waals surface area contributed by atoms with Gasteiger partial charge in [-0.25, -0.2) is 0 Å². The lowest BCUT2D eigenvalue weighted by Gasteiger charge is -2.17. The molecule has 0 spiro atoms. The van der Waals surface area contributed by atoms with Crippen LogP contribution in [0.2, 0.25) is 5.02 Å². The van der Waals surface area contributed by atoms with Gasteiger partial charge in [-0.1, -0.05) is 11.6 Å². The van der Waals surface area contributed by atoms with E-state index in [1.54, 1.807) is 0 Å². The van der Waals surface area contributed by atoms with Gasteiger partial charge in [0, 0.05) is 34.7 Å². The SMILES string of the molecule is O=C(COC(=O)[C@H]1CC(=O)N(NC(=O)c2ccc([N+](=O)[O-])cc2)C1)NNC(=O)c1ccc(Cl)cc1. The molecule has 1 heterocycles. The smallest absolute Gasteiger partial charge is 0.311 e. The molecule has 3 rings (SSSR count). The quantitative estimate of drug-likeness (QED) is 0.281. The molecular weight excluding hydrogens is 486 g/mol. The van der Waals surface area contributed by atoms with Crippen molar-refractivity contribution in [3.8, 4) is 0 Å². The van der Waals surface area contributed by atoms with Gasteiger partial charge in [0.05, 0.1) is 17.4 Å². The van der Waals surface area contributed by atoms with Gasteiger partial charge in [-0.15, -0.1) is 0 Å². The van der Waals surface area contributed by atoms with Crippen LogP contribution in [-0.2, 0) is 19.1 Å². The molecule has 2 aromatic rings. The number of carbonyl (C=O) groups excluding carboxylic acids is 5. The van der Waals surface area contributed by atoms with Crippen LogP contribution in [0.15, 0.2) is 48.5 Å². The number of ether oxygens (including phenoxy) is 1. The maximum Gasteiger partial charge on any atom is 0.311 e. The number of halogens is 1. The topological polar surface area (TPSA) is 177 Å². The molecule has 1 atom stereocenters. The van der Waals surface area contributed by atoms with E-state index >= 15 is 0 Å². The predicted molar refractivity (Wildman–Crippen MR) is 118 cm³/mol. The van der Waals surface area contributed by atoms with E-state index < -0.39 is 47.0 Å². The fourth-order valence-electron chi connectivity index (χ4n) is 2.99. The second kappa shape index (κ2) is 11.1. The number of nitrogens with one attached hydrogen (secondary N) is 3. The molecule has 35 heavy (non-hydrogen) atoms. The van der Waals surface area contributed by atoms with E-state index in [0.717, 1.165) is 17.1 Å². The number of hydrogen-bond donors (Lipinski definition) is 3. The lowest BCUT2D eigenvalue weighted by molar-refractivity contribution is -0.384. The number of carbonyl (C=O) groups is 5. The van der Waals surface area contributed by atoms with Crippen molar-refractivity contribution in [1.82, 2.24) is 21.3 Å². The highest BCUT2D eigenvalue weighted by Crippen LogP contribution is 2.18. The van der Waals surface area contributed by atoms with Crippen LogP contribution in [0.25, 0.3) is 0 Å². The van der Waals surface area contributed by atoms with Crippen LogP contribution in [0.5, 0.6) is 0 Å². The summed E-state index contributed by atoms with van der Waals surface area (Å²) >= 11 is 5.74. The number of nitrogens with zero attached hydrogens (tertiary/aromatic N) is 2. The number of hydrazine groups is 2. The molecule has 4 amide bonds. The molecule has 1 fully saturated rings. The highest BCUT2D eigenvalue weighted by Gasteiger charge is 2.36. The first-order valence-electron chi connectivity index (χ1n) is 10.0. The molecule has 3 N–H and O–H groups in total. The first-order chi connectivity index (χ1) is 16.6. The van der Waals surface area contributed by atoms with Crippen molar-refractivity contribution in [2.75, 3.05) is 13.2 Å². The normalized spacial score (nSPS) is 14.7. The van der Waals surface area contributed by atoms with Crippen LogP contribution in [0.1, 0.15) is 27.1 Å². The predicted octanol–water partition coefficient (Wildman–Crippen LogP) is 0.746. The molecular formula is C21H18ClN5O8. The Labute approximate surface area is 202 Å². The van der Waals surface area contributed by atoms with Crippen molar-refractivity contribution < 1.29 is 33.6 Å². The van der Waals surface area contributed by atoms with Crippen LogP contribution < -0.4 is 16.3 Å². The van der Waals surface area contributed by atoms with Crippen molar-refractivity contribution in [2.45, 2.75) is 6.42 Å². The standard InChI is InChI=1S/C21H18ClN5O8/c22-15-5-1-12(2-6-15)19(30)24-23-17(28)11-35-21(32)14-9-18(29)26(10-14)25-20(31)13-3-7-16(8-4-13)27(33)34/h1-8,14H,9-11H2,(H,23,28)(H,24,30)(H,25,31)/t14-/m0/s1. The Kier molecular flexibility index (Phi) is 7.94. The van der Waals surface area contributed by atoms with Gasteiger partial charge in [0.1, 0.15) is 0 Å². The summed E-state index contributed by atoms with van der Waals surface area (Å²) in [4.78, 5) is 70.5. The van der Waals surface area contributed by atoms with Crippen LogP contribution in [-0.4, -0.2) is 52.7 Å². The van der Waals surface area contributed by atoms with E-state index in [4.69, 9.17) is 16.3 Å². The fourth-order valence-corrected chi connectivity index (χ4v) is 3.11. The largest absolute Gasteiger partial charge is 0.455 e. The Morgan fingerprint density at radius 3 is 2.23 bits per heavy atom. The van der Waals surface area contributed by atoms with Gasteiger partial charge in [0.25, 0.3) is 23.4 Å². The first-order valence-corrected chi connectivity index (χ1v) is 10.4. The summed E-state index contributed by atoms with van der Waals surface area (Å²) in [6.07, 6.45) is -0.256. The maximum atomic E-state index is 12.3. The van der Waals surface area contributed by atoms with Crippen molar-refractivity contribution in [2.24, 2.45) is 5.92 Å². The Morgan fingerprint density at radius 1 is 1.00 bits per heavy atom. The first kappa shape index (κ1) is 25.1. The molecule has 1 aliphatic rings. The highest BCUT2D eigenvalue weighted by molar-refractivity contribution is 6.30. The summed E-state index contributed by atoms with van der Waals surface area (Å²) in [6, 6.07) is 10.6. The Hall–Kier alpha value is -4.52. The van der Waals surface area contributed by atoms with E-state index in [0.29, 0.717) is 5.02 Å². The molecule has 0 aliphatic carbocycles. The summed E-state index contributed by atoms with van der Waals surface area (Å²) < 4.78 is 4.89. The van der Waals surface area contributed by atoms with E-state index in [1.807, 2.05) is 0 Å². The third-order valence-electron chi connectivity index (χ3n) is 4.80. The van der Waals surface area contributed by atoms with Gasteiger partial charge in [0.2, 0.25) is 5.91 Å². The molecule has 2 aromatic carbocycles. The Bertz CT molecular complexity index is 1170. The number of nitro groups is 1. The number of amides is 4. The Balaban J connectivity index is 1.43. The third-order valence-corrected chi connectivity index (χ3v) is 5.05. The molecule has 1 aliphatic heterocycles. The van der Waals surface area contributed by atoms with Crippen molar-refractivity contribution >= 4 is 46.9 Å². The van der Waals surface area contributed by atoms with Crippen molar-refractivity contribution in [3.05, 3.63) is 74.8 Å². The van der Waals surface area contributed by atoms with E-state index in [-0.39, 0.29) is 29.8 Å². The molecule has 0 radical (unpaired) electrons. The zero-order chi connectivity index (χ0) is 25.5. The highest BCUT2D eigenvalue weighted by atomic mass is 35.5. The van der Waals surface area contributed by atoms with Gasteiger partial charge < -0.3 is 4.74 Å². The lowest BCUT2D eigenvalue weighted by Crippen LogP contribution is -2.44. The van der Waals surface area contributed by atoms with Crippen LogP contribution in [0.3, 0.4) is 0 Å². The average Bonchev–Trinajstić information content (AvgIpc) is 3.21. The summed E-state index contributed by atoms with van der Waals surface area (Å²) in [5.74, 6) is -4.45. The van der Waals surface area contributed by atoms with Gasteiger partial charge in [-0.05, 0) is 36.4 Å². The molecule has 0 saturated carbocycles. The number of hydrogen-bond acceptors (Lipinski definition) is 8. The zero-order valence-corrected chi connectivity index (χ0v) is 18.6. The van der Waals surface area contributed by atoms with Crippen LogP contribution in [0.4, 0.5) is 5.69 Å². The zero-order valence-electron chi connectivity index (χ0n) is 17.9. The van der Waals surface area contributed by atoms with Crippen LogP contribution in [0, 0.1) is 16.0 Å². The molecule has 13 nitrogen and oxygen atoms in total. The summed E-state index contributed by atoms with van der Waals surface area (Å²) in [6.45, 7) is -0.898. The number of nitro benzene ring substituents is 1. The molecule has 0 bridgehead atoms. The van der Waals surface area contributed by atoms with Gasteiger partial charge in [0.15, 0.2) is 6.61 Å². The number of benzene rings is 2. The number of esters is 1. The van der Waals surface area contributed by atoms with Gasteiger partial charge >= 0.3 is 5.97 Å². The van der Waals surface area contributed by atoms with Gasteiger partial charge in [-0.3, -0.25) is 55.4 Å². The van der Waals surface area contributed by atoms with Crippen molar-refractivity contribution in [3.63, 3.8) is 0 Å². The average molecular weight is 504 g/mol. The summed E-state index contributed by atoms with van der Waals surface area (Å²) in [7, 11) is 0. The molecule has 1 saturated heterocycles. The van der Waals surface area contributed by atoms with E-state index in [9.17, 15) is 34.1 Å². The van der Waals surface area contributed by atoms with E-state index in [2.05, 4.69) is 16.3 Å². The van der Waals surface area contributed by atoms with Crippen LogP contribution >= 0.6 is 11.6 Å². The lowest BCUT2D eigenvalue weighted by atomic mass is 10.1. The Morgan fingerprint density at radius 2 is 1.60 bits per heavy atom. The minimum atomic E-state index is -0.934.